The van der Waals surface area contributed by atoms with E-state index in [0.717, 1.165) is 11.3 Å². The molecule has 0 radical (unpaired) electrons. The van der Waals surface area contributed by atoms with Crippen molar-refractivity contribution in [2.24, 2.45) is 0 Å². The van der Waals surface area contributed by atoms with Crippen LogP contribution in [-0.4, -0.2) is 41.5 Å². The second-order valence-electron chi connectivity index (χ2n) is 5.65. The van der Waals surface area contributed by atoms with Crippen LogP contribution in [0.4, 0.5) is 0 Å². The van der Waals surface area contributed by atoms with E-state index in [4.69, 9.17) is 4.52 Å². The fraction of sp³-hybridized carbons (Fsp3) is 0.375. The van der Waals surface area contributed by atoms with Crippen LogP contribution >= 0.6 is 11.8 Å². The van der Waals surface area contributed by atoms with E-state index in [0.29, 0.717) is 23.3 Å². The number of carbonyl (C=O) groups excluding carboxylic acids is 1. The van der Waals surface area contributed by atoms with Gasteiger partial charge in [-0.2, -0.15) is 9.67 Å². The van der Waals surface area contributed by atoms with Crippen molar-refractivity contribution in [3.05, 3.63) is 41.5 Å². The van der Waals surface area contributed by atoms with Gasteiger partial charge in [-0.25, -0.2) is 0 Å². The number of carbonyl (C=O) groups is 1. The molecule has 2 heterocycles. The Hall–Kier alpha value is -2.75. The highest BCUT2D eigenvalue weighted by atomic mass is 32.2. The first-order valence-electron chi connectivity index (χ1n) is 8.18. The molecule has 3 rings (SSSR count). The number of thioether (sulfide) groups is 1. The van der Waals surface area contributed by atoms with Crippen molar-refractivity contribution in [1.82, 2.24) is 35.7 Å². The predicted octanol–water partition coefficient (Wildman–Crippen LogP) is 1.71. The molecule has 0 saturated heterocycles. The number of tetrazole rings is 1. The highest BCUT2D eigenvalue weighted by Crippen LogP contribution is 2.23. The molecule has 3 aromatic rings. The van der Waals surface area contributed by atoms with E-state index in [9.17, 15) is 4.79 Å². The molecule has 0 spiro atoms. The van der Waals surface area contributed by atoms with Gasteiger partial charge in [0.15, 0.2) is 5.82 Å². The Bertz CT molecular complexity index is 892. The first-order valence-corrected chi connectivity index (χ1v) is 9.06. The van der Waals surface area contributed by atoms with Crippen molar-refractivity contribution < 1.29 is 9.32 Å². The zero-order valence-electron chi connectivity index (χ0n) is 14.7. The quantitative estimate of drug-likeness (QED) is 0.623. The Balaban J connectivity index is 1.62. The van der Waals surface area contributed by atoms with E-state index >= 15 is 0 Å². The average molecular weight is 373 g/mol. The van der Waals surface area contributed by atoms with Gasteiger partial charge in [0, 0.05) is 6.42 Å². The van der Waals surface area contributed by atoms with Gasteiger partial charge in [-0.05, 0) is 42.0 Å². The smallest absolute Gasteiger partial charge is 0.233 e. The lowest BCUT2D eigenvalue weighted by Gasteiger charge is -2.11. The molecule has 9 nitrogen and oxygen atoms in total. The van der Waals surface area contributed by atoms with Gasteiger partial charge in [-0.3, -0.25) is 4.79 Å². The largest absolute Gasteiger partial charge is 0.348 e. The van der Waals surface area contributed by atoms with E-state index in [1.54, 1.807) is 11.6 Å². The molecule has 26 heavy (non-hydrogen) atoms. The van der Waals surface area contributed by atoms with Crippen molar-refractivity contribution in [2.75, 3.05) is 0 Å². The van der Waals surface area contributed by atoms with Gasteiger partial charge in [0.25, 0.3) is 0 Å². The second-order valence-corrected chi connectivity index (χ2v) is 6.96. The maximum absolute atomic E-state index is 12.3. The summed E-state index contributed by atoms with van der Waals surface area (Å²) in [6.45, 7) is 5.94. The minimum absolute atomic E-state index is 0.156. The van der Waals surface area contributed by atoms with E-state index in [-0.39, 0.29) is 17.7 Å². The van der Waals surface area contributed by atoms with Gasteiger partial charge in [0.05, 0.1) is 17.5 Å². The molecule has 1 unspecified atom stereocenters. The van der Waals surface area contributed by atoms with Crippen LogP contribution in [0, 0.1) is 6.92 Å². The molecule has 0 saturated carbocycles. The normalized spacial score (nSPS) is 12.1. The monoisotopic (exact) mass is 373 g/mol. The summed E-state index contributed by atoms with van der Waals surface area (Å²) >= 11 is 1.28. The molecule has 0 fully saturated rings. The third-order valence-corrected chi connectivity index (χ3v) is 4.60. The first-order chi connectivity index (χ1) is 12.6. The number of benzene rings is 1. The highest BCUT2D eigenvalue weighted by Gasteiger charge is 2.19. The number of rotatable bonds is 7. The van der Waals surface area contributed by atoms with Crippen LogP contribution in [0.3, 0.4) is 0 Å². The lowest BCUT2D eigenvalue weighted by Crippen LogP contribution is -2.31. The molecular formula is C16H19N7O2S. The van der Waals surface area contributed by atoms with Crippen LogP contribution in [-0.2, 0) is 17.8 Å². The molecule has 2 aromatic heterocycles. The zero-order valence-corrected chi connectivity index (χ0v) is 15.5. The summed E-state index contributed by atoms with van der Waals surface area (Å²) < 4.78 is 6.64. The Morgan fingerprint density at radius 3 is 3.00 bits per heavy atom. The summed E-state index contributed by atoms with van der Waals surface area (Å²) in [6, 6.07) is 7.83. The van der Waals surface area contributed by atoms with Crippen LogP contribution in [0.1, 0.15) is 31.1 Å². The molecule has 136 valence electrons. The number of hydrogen-bond donors (Lipinski definition) is 1. The molecule has 1 atom stereocenters. The van der Waals surface area contributed by atoms with Crippen LogP contribution in [0.15, 0.2) is 33.9 Å². The number of aromatic nitrogens is 6. The molecule has 0 bridgehead atoms. The van der Waals surface area contributed by atoms with Crippen molar-refractivity contribution in [3.63, 3.8) is 0 Å². The molecule has 0 aliphatic heterocycles. The van der Waals surface area contributed by atoms with Gasteiger partial charge in [-0.1, -0.05) is 36.0 Å². The van der Waals surface area contributed by atoms with Crippen LogP contribution in [0.2, 0.25) is 0 Å². The summed E-state index contributed by atoms with van der Waals surface area (Å²) in [4.78, 5) is 16.5. The van der Waals surface area contributed by atoms with Crippen molar-refractivity contribution >= 4 is 17.7 Å². The highest BCUT2D eigenvalue weighted by molar-refractivity contribution is 8.00. The summed E-state index contributed by atoms with van der Waals surface area (Å²) in [5.74, 6) is 0.850. The molecule has 1 aromatic carbocycles. The van der Waals surface area contributed by atoms with Gasteiger partial charge in [0.1, 0.15) is 0 Å². The number of nitrogens with one attached hydrogen (secondary N) is 1. The van der Waals surface area contributed by atoms with Crippen molar-refractivity contribution in [2.45, 2.75) is 44.1 Å². The van der Waals surface area contributed by atoms with Gasteiger partial charge in [0.2, 0.25) is 17.0 Å². The number of nitrogens with zero attached hydrogens (tertiary/aromatic N) is 6. The number of aryl methyl sites for hydroxylation is 2. The van der Waals surface area contributed by atoms with Crippen LogP contribution in [0.5, 0.6) is 0 Å². The molecule has 10 heteroatoms. The van der Waals surface area contributed by atoms with Crippen molar-refractivity contribution in [3.8, 4) is 5.69 Å². The lowest BCUT2D eigenvalue weighted by molar-refractivity contribution is -0.120. The Labute approximate surface area is 154 Å². The van der Waals surface area contributed by atoms with Crippen LogP contribution < -0.4 is 5.32 Å². The fourth-order valence-corrected chi connectivity index (χ4v) is 3.03. The summed E-state index contributed by atoms with van der Waals surface area (Å²) in [6.07, 6.45) is 0.662. The van der Waals surface area contributed by atoms with Gasteiger partial charge < -0.3 is 9.84 Å². The molecule has 0 aliphatic carbocycles. The minimum Gasteiger partial charge on any atom is -0.348 e. The maximum atomic E-state index is 12.3. The zero-order chi connectivity index (χ0) is 18.5. The van der Waals surface area contributed by atoms with E-state index in [1.165, 1.54) is 11.8 Å². The standard InChI is InChI=1S/C16H19N7O2S/c1-4-14-18-13(20-25-14)9-17-15(24)11(3)26-16-19-21-22-23(16)12-7-5-6-10(2)8-12/h5-8,11H,4,9H2,1-3H3,(H,17,24). The Morgan fingerprint density at radius 1 is 1.42 bits per heavy atom. The third-order valence-electron chi connectivity index (χ3n) is 3.57. The first kappa shape index (κ1) is 18.1. The lowest BCUT2D eigenvalue weighted by atomic mass is 10.2. The summed E-state index contributed by atoms with van der Waals surface area (Å²) in [5.41, 5.74) is 1.95. The Kier molecular flexibility index (Phi) is 5.61. The summed E-state index contributed by atoms with van der Waals surface area (Å²) in [7, 11) is 0. The van der Waals surface area contributed by atoms with Crippen LogP contribution in [0.25, 0.3) is 5.69 Å². The van der Waals surface area contributed by atoms with Crippen molar-refractivity contribution in [1.29, 1.82) is 0 Å². The second kappa shape index (κ2) is 8.09. The molecular weight excluding hydrogens is 354 g/mol. The third kappa shape index (κ3) is 4.26. The van der Waals surface area contributed by atoms with Gasteiger partial charge >= 0.3 is 0 Å². The molecule has 1 amide bonds. The minimum atomic E-state index is -0.387. The molecule has 0 aliphatic rings. The maximum Gasteiger partial charge on any atom is 0.233 e. The van der Waals surface area contributed by atoms with Gasteiger partial charge in [-0.15, -0.1) is 5.10 Å². The SMILES string of the molecule is CCc1nc(CNC(=O)C(C)Sc2nnnn2-c2cccc(C)c2)no1. The fourth-order valence-electron chi connectivity index (χ4n) is 2.20. The average Bonchev–Trinajstić information content (AvgIpc) is 3.28. The summed E-state index contributed by atoms with van der Waals surface area (Å²) in [5, 5.41) is 18.5. The topological polar surface area (TPSA) is 112 Å². The number of hydrogen-bond acceptors (Lipinski definition) is 8. The van der Waals surface area contributed by atoms with E-state index in [2.05, 4.69) is 31.0 Å². The predicted molar refractivity (Wildman–Crippen MR) is 94.7 cm³/mol. The Morgan fingerprint density at radius 2 is 2.27 bits per heavy atom. The number of amides is 1. The van der Waals surface area contributed by atoms with E-state index in [1.807, 2.05) is 38.1 Å². The van der Waals surface area contributed by atoms with E-state index < -0.39 is 0 Å². The molecule has 1 N–H and O–H groups in total.